The van der Waals surface area contributed by atoms with Crippen LogP contribution >= 0.6 is 0 Å². The Morgan fingerprint density at radius 3 is 3.03 bits per heavy atom. The Balaban J connectivity index is 1.39. The topological polar surface area (TPSA) is 76.2 Å². The fraction of sp³-hybridized carbons (Fsp3) is 0.375. The van der Waals surface area contributed by atoms with Gasteiger partial charge in [-0.2, -0.15) is 5.10 Å². The highest BCUT2D eigenvalue weighted by molar-refractivity contribution is 6.12. The predicted molar refractivity (Wildman–Crippen MR) is 121 cm³/mol. The molecule has 1 unspecified atom stereocenters. The highest BCUT2D eigenvalue weighted by Crippen LogP contribution is 2.59. The van der Waals surface area contributed by atoms with Gasteiger partial charge in [0.2, 0.25) is 0 Å². The first-order chi connectivity index (χ1) is 15.5. The van der Waals surface area contributed by atoms with Crippen LogP contribution in [0.15, 0.2) is 36.8 Å². The maximum Gasteiger partial charge on any atom is 0.257 e. The Hall–Kier alpha value is -3.26. The fourth-order valence-electron chi connectivity index (χ4n) is 5.39. The maximum absolute atomic E-state index is 14.5. The third kappa shape index (κ3) is 2.86. The van der Waals surface area contributed by atoms with E-state index >= 15 is 0 Å². The minimum atomic E-state index is -0.476. The molecule has 2 N–H and O–H groups in total. The largest absolute Gasteiger partial charge is 0.320 e. The number of aromatic nitrogens is 4. The van der Waals surface area contributed by atoms with Crippen molar-refractivity contribution in [3.05, 3.63) is 59.4 Å². The van der Waals surface area contributed by atoms with Crippen molar-refractivity contribution in [2.24, 2.45) is 5.92 Å². The number of carbonyl (C=O) groups is 1. The van der Waals surface area contributed by atoms with E-state index < -0.39 is 5.82 Å². The van der Waals surface area contributed by atoms with Crippen molar-refractivity contribution in [2.45, 2.75) is 38.6 Å². The molecule has 32 heavy (non-hydrogen) atoms. The normalized spacial score (nSPS) is 22.3. The number of piperidine rings is 1. The summed E-state index contributed by atoms with van der Waals surface area (Å²) in [7, 11) is 0. The quantitative estimate of drug-likeness (QED) is 0.516. The Kier molecular flexibility index (Phi) is 4.17. The average Bonchev–Trinajstić information content (AvgIpc) is 3.16. The second-order valence-electron chi connectivity index (χ2n) is 9.06. The van der Waals surface area contributed by atoms with Gasteiger partial charge >= 0.3 is 0 Å². The molecule has 164 valence electrons. The molecule has 0 bridgehead atoms. The Morgan fingerprint density at radius 1 is 1.34 bits per heavy atom. The summed E-state index contributed by atoms with van der Waals surface area (Å²) in [4.78, 5) is 17.4. The highest BCUT2D eigenvalue weighted by Gasteiger charge is 2.56. The molecule has 1 aromatic carbocycles. The van der Waals surface area contributed by atoms with E-state index in [9.17, 15) is 9.18 Å². The number of rotatable bonds is 4. The zero-order valence-corrected chi connectivity index (χ0v) is 18.2. The molecule has 2 fully saturated rings. The highest BCUT2D eigenvalue weighted by atomic mass is 19.1. The van der Waals surface area contributed by atoms with Gasteiger partial charge in [0.25, 0.3) is 5.91 Å². The first-order valence-corrected chi connectivity index (χ1v) is 11.2. The molecule has 6 rings (SSSR count). The fourth-order valence-corrected chi connectivity index (χ4v) is 5.39. The standard InChI is InChI=1S/C24H25FN6O/c1-3-31-13-18-19(24-6-7-26-10-15(24)9-24)5-4-17(21(18)29-31)23(32)28-16-8-20(25)22-27-14(2)11-30(22)12-16/h4-5,8,11-13,15,26H,3,6-7,9-10H2,1-2H3,(H,28,32)/t15?,24-/m0/s1. The van der Waals surface area contributed by atoms with Crippen LogP contribution in [0.4, 0.5) is 10.1 Å². The smallest absolute Gasteiger partial charge is 0.257 e. The van der Waals surface area contributed by atoms with Crippen LogP contribution in [0.2, 0.25) is 0 Å². The summed E-state index contributed by atoms with van der Waals surface area (Å²) in [6, 6.07) is 5.29. The van der Waals surface area contributed by atoms with Gasteiger partial charge in [-0.05, 0) is 57.3 Å². The van der Waals surface area contributed by atoms with Gasteiger partial charge in [0, 0.05) is 42.0 Å². The van der Waals surface area contributed by atoms with Crippen LogP contribution < -0.4 is 10.6 Å². The summed E-state index contributed by atoms with van der Waals surface area (Å²) < 4.78 is 17.9. The number of hydrogen-bond donors (Lipinski definition) is 2. The lowest BCUT2D eigenvalue weighted by Crippen LogP contribution is -2.31. The van der Waals surface area contributed by atoms with Gasteiger partial charge in [0.1, 0.15) is 5.52 Å². The molecule has 1 amide bonds. The van der Waals surface area contributed by atoms with Gasteiger partial charge in [0.05, 0.1) is 16.9 Å². The van der Waals surface area contributed by atoms with Crippen LogP contribution in [0.3, 0.4) is 0 Å². The molecule has 8 heteroatoms. The number of fused-ring (bicyclic) bond motifs is 3. The summed E-state index contributed by atoms with van der Waals surface area (Å²) in [5, 5.41) is 12.1. The average molecular weight is 433 g/mol. The van der Waals surface area contributed by atoms with Crippen molar-refractivity contribution in [1.82, 2.24) is 24.5 Å². The summed E-state index contributed by atoms with van der Waals surface area (Å²) in [6.07, 6.45) is 7.76. The lowest BCUT2D eigenvalue weighted by atomic mass is 9.85. The van der Waals surface area contributed by atoms with E-state index in [1.54, 1.807) is 23.7 Å². The van der Waals surface area contributed by atoms with Gasteiger partial charge < -0.3 is 15.0 Å². The number of nitrogens with zero attached hydrogens (tertiary/aromatic N) is 4. The van der Waals surface area contributed by atoms with Crippen molar-refractivity contribution >= 4 is 28.1 Å². The number of anilines is 1. The van der Waals surface area contributed by atoms with Gasteiger partial charge in [-0.3, -0.25) is 9.48 Å². The number of hydrogen-bond acceptors (Lipinski definition) is 4. The van der Waals surface area contributed by atoms with Crippen LogP contribution in [0.1, 0.15) is 41.4 Å². The summed E-state index contributed by atoms with van der Waals surface area (Å²) in [5.41, 5.74) is 4.05. The van der Waals surface area contributed by atoms with Crippen molar-refractivity contribution in [3.8, 4) is 0 Å². The zero-order valence-electron chi connectivity index (χ0n) is 18.2. The van der Waals surface area contributed by atoms with E-state index in [-0.39, 0.29) is 17.0 Å². The number of benzene rings is 1. The van der Waals surface area contributed by atoms with E-state index in [0.717, 1.165) is 31.4 Å². The number of carbonyl (C=O) groups excluding carboxylic acids is 1. The second kappa shape index (κ2) is 6.87. The number of pyridine rings is 1. The van der Waals surface area contributed by atoms with Crippen LogP contribution in [-0.4, -0.2) is 38.2 Å². The molecule has 2 aliphatic rings. The van der Waals surface area contributed by atoms with Crippen molar-refractivity contribution in [1.29, 1.82) is 0 Å². The monoisotopic (exact) mass is 432 g/mol. The summed E-state index contributed by atoms with van der Waals surface area (Å²) in [6.45, 7) is 6.64. The van der Waals surface area contributed by atoms with Crippen LogP contribution in [0.25, 0.3) is 16.6 Å². The molecule has 1 aliphatic heterocycles. The molecule has 1 aliphatic carbocycles. The lowest BCUT2D eigenvalue weighted by molar-refractivity contribution is 0.102. The SMILES string of the molecule is CCn1cc2c([C@]34CCNCC3C4)ccc(C(=O)Nc3cc(F)c4nc(C)cn4c3)c2n1. The number of amides is 1. The minimum absolute atomic E-state index is 0.202. The van der Waals surface area contributed by atoms with Crippen molar-refractivity contribution in [2.75, 3.05) is 18.4 Å². The van der Waals surface area contributed by atoms with Crippen LogP contribution in [0, 0.1) is 18.7 Å². The van der Waals surface area contributed by atoms with Gasteiger partial charge in [-0.25, -0.2) is 9.37 Å². The first-order valence-electron chi connectivity index (χ1n) is 11.2. The van der Waals surface area contributed by atoms with Crippen LogP contribution in [-0.2, 0) is 12.0 Å². The molecule has 4 aromatic rings. The van der Waals surface area contributed by atoms with Gasteiger partial charge in [-0.1, -0.05) is 6.07 Å². The van der Waals surface area contributed by atoms with E-state index in [2.05, 4.69) is 27.9 Å². The molecule has 4 heterocycles. The Morgan fingerprint density at radius 2 is 2.22 bits per heavy atom. The molecule has 2 atom stereocenters. The molecule has 0 spiro atoms. The zero-order chi connectivity index (χ0) is 22.0. The minimum Gasteiger partial charge on any atom is -0.320 e. The number of aryl methyl sites for hydroxylation is 2. The molecule has 7 nitrogen and oxygen atoms in total. The summed E-state index contributed by atoms with van der Waals surface area (Å²) in [5.74, 6) is -0.123. The van der Waals surface area contributed by atoms with E-state index in [1.165, 1.54) is 18.1 Å². The molecular formula is C24H25FN6O. The van der Waals surface area contributed by atoms with Crippen molar-refractivity contribution in [3.63, 3.8) is 0 Å². The Bertz CT molecular complexity index is 1390. The molecule has 1 saturated heterocycles. The summed E-state index contributed by atoms with van der Waals surface area (Å²) >= 11 is 0. The van der Waals surface area contributed by atoms with Gasteiger partial charge in [-0.15, -0.1) is 0 Å². The maximum atomic E-state index is 14.5. The Labute approximate surface area is 184 Å². The second-order valence-corrected chi connectivity index (χ2v) is 9.06. The van der Waals surface area contributed by atoms with E-state index in [4.69, 9.17) is 5.10 Å². The van der Waals surface area contributed by atoms with E-state index in [1.807, 2.05) is 17.7 Å². The first kappa shape index (κ1) is 19.4. The predicted octanol–water partition coefficient (Wildman–Crippen LogP) is 3.65. The lowest BCUT2D eigenvalue weighted by Gasteiger charge is -2.24. The number of imidazole rings is 1. The van der Waals surface area contributed by atoms with E-state index in [0.29, 0.717) is 28.4 Å². The number of nitrogens with one attached hydrogen (secondary N) is 2. The van der Waals surface area contributed by atoms with Gasteiger partial charge in [0.15, 0.2) is 11.5 Å². The third-order valence-corrected chi connectivity index (χ3v) is 7.08. The van der Waals surface area contributed by atoms with Crippen molar-refractivity contribution < 1.29 is 9.18 Å². The molecule has 0 radical (unpaired) electrons. The number of halogens is 1. The molecule has 3 aromatic heterocycles. The third-order valence-electron chi connectivity index (χ3n) is 7.08. The molecule has 1 saturated carbocycles. The molecular weight excluding hydrogens is 407 g/mol. The van der Waals surface area contributed by atoms with Crippen LogP contribution in [0.5, 0.6) is 0 Å².